The van der Waals surface area contributed by atoms with Crippen LogP contribution in [0.5, 0.6) is 0 Å². The zero-order valence-corrected chi connectivity index (χ0v) is 11.7. The fourth-order valence-corrected chi connectivity index (χ4v) is 3.44. The lowest BCUT2D eigenvalue weighted by molar-refractivity contribution is -0.128. The van der Waals surface area contributed by atoms with Gasteiger partial charge in [0.15, 0.2) is 5.84 Å². The van der Waals surface area contributed by atoms with Gasteiger partial charge in [-0.3, -0.25) is 4.79 Å². The Hall–Kier alpha value is -1.26. The van der Waals surface area contributed by atoms with Gasteiger partial charge in [0.2, 0.25) is 5.91 Å². The molecular formula is C14H25N3O2. The van der Waals surface area contributed by atoms with Crippen molar-refractivity contribution in [1.29, 1.82) is 0 Å². The number of hydrogen-bond donors (Lipinski definition) is 3. The number of nitrogens with zero attached hydrogens (tertiary/aromatic N) is 1. The summed E-state index contributed by atoms with van der Waals surface area (Å²) in [4.78, 5) is 12.5. The number of nitrogens with two attached hydrogens (primary N) is 1. The molecule has 2 rings (SSSR count). The third-order valence-corrected chi connectivity index (χ3v) is 5.28. The fraction of sp³-hybridized carbons (Fsp3) is 0.857. The molecule has 2 saturated carbocycles. The van der Waals surface area contributed by atoms with E-state index in [1.165, 1.54) is 19.3 Å². The maximum Gasteiger partial charge on any atom is 0.233 e. The quantitative estimate of drug-likeness (QED) is 0.308. The van der Waals surface area contributed by atoms with E-state index in [9.17, 15) is 4.79 Å². The van der Waals surface area contributed by atoms with Gasteiger partial charge in [-0.05, 0) is 37.5 Å². The van der Waals surface area contributed by atoms with Crippen molar-refractivity contribution in [3.05, 3.63) is 0 Å². The van der Waals surface area contributed by atoms with Crippen LogP contribution in [0.2, 0.25) is 0 Å². The van der Waals surface area contributed by atoms with Gasteiger partial charge in [-0.2, -0.15) is 0 Å². The van der Waals surface area contributed by atoms with Crippen LogP contribution in [0.25, 0.3) is 0 Å². The molecule has 0 atom stereocenters. The van der Waals surface area contributed by atoms with Crippen LogP contribution in [0.4, 0.5) is 0 Å². The lowest BCUT2D eigenvalue weighted by Crippen LogP contribution is -2.51. The number of amidine groups is 1. The zero-order valence-electron chi connectivity index (χ0n) is 11.7. The number of oxime groups is 1. The summed E-state index contributed by atoms with van der Waals surface area (Å²) in [6.45, 7) is 2.91. The summed E-state index contributed by atoms with van der Waals surface area (Å²) < 4.78 is 0. The van der Waals surface area contributed by atoms with E-state index >= 15 is 0 Å². The van der Waals surface area contributed by atoms with Crippen LogP contribution >= 0.6 is 0 Å². The van der Waals surface area contributed by atoms with Crippen molar-refractivity contribution in [3.63, 3.8) is 0 Å². The SMILES string of the molecule is CCC1(CNC(=O)C2(C(N)=NO)CCCC2)CCC1. The van der Waals surface area contributed by atoms with Crippen molar-refractivity contribution in [3.8, 4) is 0 Å². The van der Waals surface area contributed by atoms with E-state index < -0.39 is 5.41 Å². The van der Waals surface area contributed by atoms with E-state index in [-0.39, 0.29) is 11.7 Å². The Labute approximate surface area is 114 Å². The van der Waals surface area contributed by atoms with Crippen molar-refractivity contribution < 1.29 is 10.0 Å². The van der Waals surface area contributed by atoms with Gasteiger partial charge in [0, 0.05) is 6.54 Å². The summed E-state index contributed by atoms with van der Waals surface area (Å²) in [5.74, 6) is 0.0154. The maximum absolute atomic E-state index is 12.5. The van der Waals surface area contributed by atoms with E-state index in [0.29, 0.717) is 18.3 Å². The molecule has 0 saturated heterocycles. The first-order valence-electron chi connectivity index (χ1n) is 7.35. The van der Waals surface area contributed by atoms with Gasteiger partial charge in [-0.15, -0.1) is 0 Å². The number of rotatable bonds is 5. The molecule has 0 radical (unpaired) electrons. The summed E-state index contributed by atoms with van der Waals surface area (Å²) in [6, 6.07) is 0. The third kappa shape index (κ3) is 2.42. The van der Waals surface area contributed by atoms with Crippen molar-refractivity contribution in [2.45, 2.75) is 58.3 Å². The van der Waals surface area contributed by atoms with Gasteiger partial charge in [0.25, 0.3) is 0 Å². The fourth-order valence-electron chi connectivity index (χ4n) is 3.44. The lowest BCUT2D eigenvalue weighted by atomic mass is 9.67. The summed E-state index contributed by atoms with van der Waals surface area (Å²) in [5.41, 5.74) is 5.29. The van der Waals surface area contributed by atoms with Crippen LogP contribution in [-0.4, -0.2) is 23.5 Å². The highest BCUT2D eigenvalue weighted by Gasteiger charge is 2.46. The normalized spacial score (nSPS) is 24.8. The van der Waals surface area contributed by atoms with E-state index in [1.807, 2.05) is 0 Å². The van der Waals surface area contributed by atoms with Crippen LogP contribution in [0.3, 0.4) is 0 Å². The largest absolute Gasteiger partial charge is 0.409 e. The summed E-state index contributed by atoms with van der Waals surface area (Å²) in [7, 11) is 0. The van der Waals surface area contributed by atoms with Crippen molar-refractivity contribution >= 4 is 11.7 Å². The van der Waals surface area contributed by atoms with Crippen LogP contribution < -0.4 is 11.1 Å². The number of carbonyl (C=O) groups is 1. The van der Waals surface area contributed by atoms with Crippen LogP contribution in [0.1, 0.15) is 58.3 Å². The number of nitrogens with one attached hydrogen (secondary N) is 1. The highest BCUT2D eigenvalue weighted by molar-refractivity contribution is 6.07. The van der Waals surface area contributed by atoms with E-state index in [1.54, 1.807) is 0 Å². The summed E-state index contributed by atoms with van der Waals surface area (Å²) in [6.07, 6.45) is 8.05. The Balaban J connectivity index is 2.01. The molecule has 0 aromatic rings. The Bertz CT molecular complexity index is 363. The lowest BCUT2D eigenvalue weighted by Gasteiger charge is -2.42. The number of amides is 1. The minimum atomic E-state index is -0.770. The first-order valence-corrected chi connectivity index (χ1v) is 7.35. The average Bonchev–Trinajstić information content (AvgIpc) is 2.87. The second kappa shape index (κ2) is 5.39. The maximum atomic E-state index is 12.5. The molecule has 5 heteroatoms. The topological polar surface area (TPSA) is 87.7 Å². The molecule has 2 aliphatic carbocycles. The standard InChI is InChI=1S/C14H25N3O2/c1-2-13(6-5-7-13)10-16-12(18)14(11(15)17-19)8-3-4-9-14/h19H,2-10H2,1H3,(H2,15,17)(H,16,18). The molecule has 108 valence electrons. The number of hydrogen-bond acceptors (Lipinski definition) is 3. The molecule has 5 nitrogen and oxygen atoms in total. The molecule has 0 aliphatic heterocycles. The first-order chi connectivity index (χ1) is 9.08. The highest BCUT2D eigenvalue weighted by Crippen LogP contribution is 2.44. The summed E-state index contributed by atoms with van der Waals surface area (Å²) in [5, 5.41) is 15.1. The molecule has 2 aliphatic rings. The van der Waals surface area contributed by atoms with Crippen molar-refractivity contribution in [2.75, 3.05) is 6.54 Å². The summed E-state index contributed by atoms with van der Waals surface area (Å²) >= 11 is 0. The van der Waals surface area contributed by atoms with Gasteiger partial charge >= 0.3 is 0 Å². The molecule has 4 N–H and O–H groups in total. The zero-order chi connectivity index (χ0) is 13.9. The van der Waals surface area contributed by atoms with Crippen molar-refractivity contribution in [2.24, 2.45) is 21.7 Å². The van der Waals surface area contributed by atoms with Crippen molar-refractivity contribution in [1.82, 2.24) is 5.32 Å². The molecule has 0 unspecified atom stereocenters. The monoisotopic (exact) mass is 267 g/mol. The average molecular weight is 267 g/mol. The van der Waals surface area contributed by atoms with Crippen LogP contribution in [0.15, 0.2) is 5.16 Å². The molecule has 19 heavy (non-hydrogen) atoms. The van der Waals surface area contributed by atoms with Gasteiger partial charge in [-0.25, -0.2) is 0 Å². The van der Waals surface area contributed by atoms with Crippen LogP contribution in [-0.2, 0) is 4.79 Å². The second-order valence-corrected chi connectivity index (χ2v) is 6.16. The molecule has 0 heterocycles. The Morgan fingerprint density at radius 2 is 1.89 bits per heavy atom. The van der Waals surface area contributed by atoms with Gasteiger partial charge in [-0.1, -0.05) is 31.3 Å². The highest BCUT2D eigenvalue weighted by atomic mass is 16.4. The second-order valence-electron chi connectivity index (χ2n) is 6.16. The van der Waals surface area contributed by atoms with Gasteiger partial charge in [0.1, 0.15) is 5.41 Å². The van der Waals surface area contributed by atoms with Gasteiger partial charge in [0.05, 0.1) is 0 Å². The molecule has 2 fully saturated rings. The predicted octanol–water partition coefficient (Wildman–Crippen LogP) is 1.99. The van der Waals surface area contributed by atoms with Crippen LogP contribution in [0, 0.1) is 10.8 Å². The first kappa shape index (κ1) is 14.2. The minimum Gasteiger partial charge on any atom is -0.409 e. The number of carbonyl (C=O) groups excluding carboxylic acids is 1. The van der Waals surface area contributed by atoms with E-state index in [0.717, 1.165) is 25.8 Å². The molecular weight excluding hydrogens is 242 g/mol. The molecule has 0 aromatic carbocycles. The third-order valence-electron chi connectivity index (χ3n) is 5.28. The smallest absolute Gasteiger partial charge is 0.233 e. The Morgan fingerprint density at radius 1 is 1.26 bits per heavy atom. The molecule has 0 spiro atoms. The Kier molecular flexibility index (Phi) is 4.02. The predicted molar refractivity (Wildman–Crippen MR) is 73.9 cm³/mol. The van der Waals surface area contributed by atoms with E-state index in [2.05, 4.69) is 17.4 Å². The minimum absolute atomic E-state index is 0.0555. The Morgan fingerprint density at radius 3 is 2.32 bits per heavy atom. The molecule has 1 amide bonds. The van der Waals surface area contributed by atoms with E-state index in [4.69, 9.17) is 10.9 Å². The van der Waals surface area contributed by atoms with Gasteiger partial charge < -0.3 is 16.3 Å². The molecule has 0 aromatic heterocycles. The molecule has 0 bridgehead atoms.